The zero-order valence-corrected chi connectivity index (χ0v) is 15.0. The number of fused-ring (bicyclic) bond motifs is 1. The van der Waals surface area contributed by atoms with E-state index in [0.717, 1.165) is 16.0 Å². The van der Waals surface area contributed by atoms with Gasteiger partial charge in [0.15, 0.2) is 0 Å². The van der Waals surface area contributed by atoms with Gasteiger partial charge >= 0.3 is 0 Å². The van der Waals surface area contributed by atoms with Crippen molar-refractivity contribution in [3.63, 3.8) is 0 Å². The van der Waals surface area contributed by atoms with Crippen LogP contribution in [0.2, 0.25) is 0 Å². The summed E-state index contributed by atoms with van der Waals surface area (Å²) in [4.78, 5) is 42.3. The number of carbonyl (C=O) groups excluding carboxylic acids is 2. The Kier molecular flexibility index (Phi) is 5.43. The Bertz CT molecular complexity index is 995. The molecule has 2 N–H and O–H groups in total. The van der Waals surface area contributed by atoms with Crippen molar-refractivity contribution in [2.24, 2.45) is 0 Å². The summed E-state index contributed by atoms with van der Waals surface area (Å²) in [5.74, 6) is -0.628. The van der Waals surface area contributed by atoms with Crippen molar-refractivity contribution in [3.8, 4) is 0 Å². The van der Waals surface area contributed by atoms with E-state index in [1.165, 1.54) is 17.7 Å². The van der Waals surface area contributed by atoms with E-state index in [1.54, 1.807) is 30.3 Å². The maximum atomic E-state index is 12.4. The van der Waals surface area contributed by atoms with Crippen LogP contribution in [-0.4, -0.2) is 28.0 Å². The number of nitrogens with zero attached hydrogens (tertiary/aromatic N) is 2. The molecule has 3 aromatic rings. The maximum absolute atomic E-state index is 12.4. The van der Waals surface area contributed by atoms with Crippen molar-refractivity contribution in [2.45, 2.75) is 19.8 Å². The topological polar surface area (TPSA) is 93.1 Å². The monoisotopic (exact) mass is 370 g/mol. The van der Waals surface area contributed by atoms with Gasteiger partial charge in [-0.15, -0.1) is 11.3 Å². The molecule has 0 fully saturated rings. The van der Waals surface area contributed by atoms with Crippen LogP contribution in [0.3, 0.4) is 0 Å². The van der Waals surface area contributed by atoms with Gasteiger partial charge in [0, 0.05) is 23.4 Å². The minimum atomic E-state index is -0.382. The lowest BCUT2D eigenvalue weighted by atomic mass is 10.2. The molecule has 2 amide bonds. The van der Waals surface area contributed by atoms with Crippen LogP contribution in [0.5, 0.6) is 0 Å². The van der Waals surface area contributed by atoms with E-state index in [1.807, 2.05) is 13.0 Å². The molecule has 0 saturated heterocycles. The first-order valence-electron chi connectivity index (χ1n) is 8.21. The zero-order valence-electron chi connectivity index (χ0n) is 14.2. The molecular formula is C18H18N4O3S. The molecule has 26 heavy (non-hydrogen) atoms. The summed E-state index contributed by atoms with van der Waals surface area (Å²) in [6.07, 6.45) is 2.18. The molecular weight excluding hydrogens is 352 g/mol. The molecule has 134 valence electrons. The number of nitrogens with one attached hydrogen (secondary N) is 2. The van der Waals surface area contributed by atoms with Crippen LogP contribution in [0.15, 0.2) is 47.5 Å². The van der Waals surface area contributed by atoms with E-state index in [0.29, 0.717) is 15.8 Å². The quantitative estimate of drug-likeness (QED) is 0.693. The summed E-state index contributed by atoms with van der Waals surface area (Å²) in [7, 11) is 0. The first kappa shape index (κ1) is 17.8. The molecule has 1 aromatic carbocycles. The molecule has 0 radical (unpaired) electrons. The molecule has 0 spiro atoms. The third kappa shape index (κ3) is 3.97. The predicted molar refractivity (Wildman–Crippen MR) is 101 cm³/mol. The SMILES string of the molecule is CCc1cc2c(=O)n(NC(=O)CCNC(=O)c3ccccc3)cnc2s1. The largest absolute Gasteiger partial charge is 0.352 e. The number of carbonyl (C=O) groups is 2. The number of amides is 2. The fraction of sp³-hybridized carbons (Fsp3) is 0.222. The summed E-state index contributed by atoms with van der Waals surface area (Å²) in [5, 5.41) is 3.16. The molecule has 3 rings (SSSR count). The van der Waals surface area contributed by atoms with Crippen LogP contribution < -0.4 is 16.3 Å². The fourth-order valence-electron chi connectivity index (χ4n) is 2.40. The van der Waals surface area contributed by atoms with Crippen LogP contribution in [0.4, 0.5) is 0 Å². The van der Waals surface area contributed by atoms with Gasteiger partial charge in [0.25, 0.3) is 11.5 Å². The van der Waals surface area contributed by atoms with Gasteiger partial charge in [-0.05, 0) is 24.6 Å². The van der Waals surface area contributed by atoms with E-state index < -0.39 is 0 Å². The molecule has 0 aliphatic rings. The Morgan fingerprint density at radius 3 is 2.73 bits per heavy atom. The van der Waals surface area contributed by atoms with Gasteiger partial charge in [-0.2, -0.15) is 0 Å². The van der Waals surface area contributed by atoms with E-state index in [-0.39, 0.29) is 30.3 Å². The Balaban J connectivity index is 1.58. The minimum Gasteiger partial charge on any atom is -0.352 e. The van der Waals surface area contributed by atoms with Crippen LogP contribution in [0.1, 0.15) is 28.6 Å². The molecule has 7 nitrogen and oxygen atoms in total. The zero-order chi connectivity index (χ0) is 18.5. The summed E-state index contributed by atoms with van der Waals surface area (Å²) in [6, 6.07) is 10.6. The van der Waals surface area contributed by atoms with Crippen molar-refractivity contribution in [1.82, 2.24) is 15.0 Å². The number of hydrogen-bond donors (Lipinski definition) is 2. The van der Waals surface area contributed by atoms with Crippen molar-refractivity contribution in [1.29, 1.82) is 0 Å². The maximum Gasteiger partial charge on any atom is 0.280 e. The second-order valence-electron chi connectivity index (χ2n) is 5.61. The Morgan fingerprint density at radius 2 is 2.00 bits per heavy atom. The summed E-state index contributed by atoms with van der Waals surface area (Å²) in [5.41, 5.74) is 2.72. The minimum absolute atomic E-state index is 0.0485. The van der Waals surface area contributed by atoms with Crippen LogP contribution in [-0.2, 0) is 11.2 Å². The van der Waals surface area contributed by atoms with E-state index in [2.05, 4.69) is 15.7 Å². The first-order valence-corrected chi connectivity index (χ1v) is 9.03. The molecule has 8 heteroatoms. The van der Waals surface area contributed by atoms with Crippen LogP contribution >= 0.6 is 11.3 Å². The fourth-order valence-corrected chi connectivity index (χ4v) is 3.32. The first-order chi connectivity index (χ1) is 12.6. The molecule has 2 aromatic heterocycles. The van der Waals surface area contributed by atoms with Gasteiger partial charge in [0.1, 0.15) is 11.2 Å². The van der Waals surface area contributed by atoms with E-state index in [4.69, 9.17) is 0 Å². The Labute approximate surface area is 153 Å². The average Bonchev–Trinajstić information content (AvgIpc) is 3.09. The summed E-state index contributed by atoms with van der Waals surface area (Å²) in [6.45, 7) is 2.18. The average molecular weight is 370 g/mol. The Morgan fingerprint density at radius 1 is 1.23 bits per heavy atom. The molecule has 2 heterocycles. The van der Waals surface area contributed by atoms with Crippen LogP contribution in [0.25, 0.3) is 10.2 Å². The van der Waals surface area contributed by atoms with Gasteiger partial charge in [-0.1, -0.05) is 25.1 Å². The lowest BCUT2D eigenvalue weighted by Crippen LogP contribution is -2.35. The molecule has 0 aliphatic carbocycles. The lowest BCUT2D eigenvalue weighted by Gasteiger charge is -2.08. The van der Waals surface area contributed by atoms with Crippen LogP contribution in [0, 0.1) is 0 Å². The number of thiophene rings is 1. The second-order valence-corrected chi connectivity index (χ2v) is 6.73. The van der Waals surface area contributed by atoms with E-state index in [9.17, 15) is 14.4 Å². The third-order valence-electron chi connectivity index (χ3n) is 3.77. The highest BCUT2D eigenvalue weighted by Gasteiger charge is 2.11. The molecule has 0 unspecified atom stereocenters. The number of aromatic nitrogens is 2. The third-order valence-corrected chi connectivity index (χ3v) is 4.96. The van der Waals surface area contributed by atoms with Crippen molar-refractivity contribution >= 4 is 33.4 Å². The lowest BCUT2D eigenvalue weighted by molar-refractivity contribution is -0.117. The van der Waals surface area contributed by atoms with Crippen molar-refractivity contribution < 1.29 is 9.59 Å². The summed E-state index contributed by atoms with van der Waals surface area (Å²) >= 11 is 1.47. The van der Waals surface area contributed by atoms with Crippen molar-refractivity contribution in [2.75, 3.05) is 12.0 Å². The van der Waals surface area contributed by atoms with Gasteiger partial charge in [0.2, 0.25) is 5.91 Å². The van der Waals surface area contributed by atoms with Gasteiger partial charge in [0.05, 0.1) is 5.39 Å². The highest BCUT2D eigenvalue weighted by atomic mass is 32.1. The van der Waals surface area contributed by atoms with Crippen molar-refractivity contribution in [3.05, 3.63) is 63.5 Å². The van der Waals surface area contributed by atoms with E-state index >= 15 is 0 Å². The van der Waals surface area contributed by atoms with Gasteiger partial charge in [-0.25, -0.2) is 9.66 Å². The highest BCUT2D eigenvalue weighted by Crippen LogP contribution is 2.20. The smallest absolute Gasteiger partial charge is 0.280 e. The summed E-state index contributed by atoms with van der Waals surface area (Å²) < 4.78 is 1.08. The normalized spacial score (nSPS) is 10.7. The standard InChI is InChI=1S/C18H18N4O3S/c1-2-13-10-14-17(26-13)20-11-22(18(14)25)21-15(23)8-9-19-16(24)12-6-4-3-5-7-12/h3-7,10-11H,2,8-9H2,1H3,(H,19,24)(H,21,23). The molecule has 0 bridgehead atoms. The number of benzene rings is 1. The van der Waals surface area contributed by atoms with Gasteiger partial charge in [-0.3, -0.25) is 19.8 Å². The molecule has 0 saturated carbocycles. The van der Waals surface area contributed by atoms with Gasteiger partial charge < -0.3 is 5.32 Å². The molecule has 0 atom stereocenters. The second kappa shape index (κ2) is 7.92. The predicted octanol–water partition coefficient (Wildman–Crippen LogP) is 1.91. The Hall–Kier alpha value is -3.00. The molecule has 0 aliphatic heterocycles. The number of hydrogen-bond acceptors (Lipinski definition) is 5. The number of aryl methyl sites for hydroxylation is 1. The highest BCUT2D eigenvalue weighted by molar-refractivity contribution is 7.18. The number of rotatable bonds is 6.